The summed E-state index contributed by atoms with van der Waals surface area (Å²) in [4.78, 5) is 0. The lowest BCUT2D eigenvalue weighted by molar-refractivity contribution is 0.257. The van der Waals surface area contributed by atoms with E-state index in [1.165, 1.54) is 19.3 Å². The van der Waals surface area contributed by atoms with Crippen LogP contribution in [0, 0.1) is 0 Å². The molecule has 0 saturated carbocycles. The van der Waals surface area contributed by atoms with Crippen molar-refractivity contribution in [3.8, 4) is 11.5 Å². The molecule has 1 heterocycles. The normalized spacial score (nSPS) is 18.8. The van der Waals surface area contributed by atoms with E-state index in [9.17, 15) is 0 Å². The Morgan fingerprint density at radius 2 is 2.00 bits per heavy atom. The van der Waals surface area contributed by atoms with Crippen LogP contribution in [0.4, 0.5) is 0 Å². The van der Waals surface area contributed by atoms with E-state index in [-0.39, 0.29) is 12.4 Å². The number of methoxy groups -OCH3 is 1. The van der Waals surface area contributed by atoms with Gasteiger partial charge in [0.25, 0.3) is 0 Å². The second-order valence-corrected chi connectivity index (χ2v) is 4.43. The van der Waals surface area contributed by atoms with Crippen molar-refractivity contribution in [2.75, 3.05) is 20.3 Å². The highest BCUT2D eigenvalue weighted by Crippen LogP contribution is 2.26. The van der Waals surface area contributed by atoms with Gasteiger partial charge in [-0.3, -0.25) is 0 Å². The Balaban J connectivity index is 0.00000162. The molecule has 0 aromatic heterocycles. The lowest BCUT2D eigenvalue weighted by atomic mass is 10.0. The van der Waals surface area contributed by atoms with Gasteiger partial charge in [0.2, 0.25) is 0 Å². The highest BCUT2D eigenvalue weighted by Gasteiger charge is 2.12. The summed E-state index contributed by atoms with van der Waals surface area (Å²) in [7, 11) is 1.67. The van der Waals surface area contributed by atoms with Crippen LogP contribution in [0.25, 0.3) is 0 Å². The number of piperidine rings is 1. The molecule has 1 aliphatic rings. The maximum atomic E-state index is 5.77. The van der Waals surface area contributed by atoms with Crippen molar-refractivity contribution in [1.29, 1.82) is 0 Å². The summed E-state index contributed by atoms with van der Waals surface area (Å²) in [6, 6.07) is 8.42. The van der Waals surface area contributed by atoms with Crippen LogP contribution < -0.4 is 14.8 Å². The molecule has 1 aliphatic heterocycles. The predicted molar refractivity (Wildman–Crippen MR) is 76.0 cm³/mol. The molecule has 1 N–H and O–H groups in total. The van der Waals surface area contributed by atoms with Gasteiger partial charge in [0.05, 0.1) is 13.7 Å². The molecule has 0 radical (unpaired) electrons. The lowest BCUT2D eigenvalue weighted by Gasteiger charge is -2.23. The van der Waals surface area contributed by atoms with Crippen LogP contribution in [0.2, 0.25) is 0 Å². The van der Waals surface area contributed by atoms with E-state index in [0.717, 1.165) is 31.1 Å². The number of halogens is 1. The zero-order valence-electron chi connectivity index (χ0n) is 10.9. The van der Waals surface area contributed by atoms with E-state index >= 15 is 0 Å². The fraction of sp³-hybridized carbons (Fsp3) is 0.571. The number of hydrogen-bond donors (Lipinski definition) is 1. The van der Waals surface area contributed by atoms with Crippen LogP contribution in [0.15, 0.2) is 24.3 Å². The van der Waals surface area contributed by atoms with Crippen molar-refractivity contribution in [3.05, 3.63) is 24.3 Å². The second-order valence-electron chi connectivity index (χ2n) is 4.43. The number of ether oxygens (including phenoxy) is 2. The molecule has 0 aliphatic carbocycles. The van der Waals surface area contributed by atoms with Gasteiger partial charge in [0.15, 0.2) is 11.5 Å². The van der Waals surface area contributed by atoms with Crippen molar-refractivity contribution in [1.82, 2.24) is 5.32 Å². The molecule has 3 nitrogen and oxygen atoms in total. The Morgan fingerprint density at radius 3 is 2.67 bits per heavy atom. The minimum atomic E-state index is 0. The van der Waals surface area contributed by atoms with Crippen molar-refractivity contribution in [3.63, 3.8) is 0 Å². The molecule has 102 valence electrons. The maximum Gasteiger partial charge on any atom is 0.161 e. The van der Waals surface area contributed by atoms with Gasteiger partial charge in [-0.15, -0.1) is 12.4 Å². The van der Waals surface area contributed by atoms with E-state index in [1.54, 1.807) is 7.11 Å². The Bertz CT molecular complexity index is 340. The van der Waals surface area contributed by atoms with E-state index in [2.05, 4.69) is 5.32 Å². The SMILES string of the molecule is COc1ccccc1OCCC1CCCCN1.Cl. The third-order valence-electron chi connectivity index (χ3n) is 3.21. The highest BCUT2D eigenvalue weighted by atomic mass is 35.5. The Hall–Kier alpha value is -0.930. The Morgan fingerprint density at radius 1 is 1.22 bits per heavy atom. The van der Waals surface area contributed by atoms with E-state index < -0.39 is 0 Å². The molecule has 1 aromatic carbocycles. The van der Waals surface area contributed by atoms with Crippen molar-refractivity contribution in [2.45, 2.75) is 31.7 Å². The quantitative estimate of drug-likeness (QED) is 0.893. The molecule has 0 bridgehead atoms. The summed E-state index contributed by atoms with van der Waals surface area (Å²) in [5, 5.41) is 3.52. The van der Waals surface area contributed by atoms with Crippen LogP contribution in [0.1, 0.15) is 25.7 Å². The summed E-state index contributed by atoms with van der Waals surface area (Å²) in [5.41, 5.74) is 0. The number of hydrogen-bond acceptors (Lipinski definition) is 3. The van der Waals surface area contributed by atoms with Crippen LogP contribution in [0.3, 0.4) is 0 Å². The van der Waals surface area contributed by atoms with Gasteiger partial charge >= 0.3 is 0 Å². The highest BCUT2D eigenvalue weighted by molar-refractivity contribution is 5.85. The lowest BCUT2D eigenvalue weighted by Crippen LogP contribution is -2.35. The van der Waals surface area contributed by atoms with Gasteiger partial charge in [-0.25, -0.2) is 0 Å². The summed E-state index contributed by atoms with van der Waals surface area (Å²) in [6.07, 6.45) is 4.99. The number of benzene rings is 1. The zero-order chi connectivity index (χ0) is 11.9. The first-order valence-corrected chi connectivity index (χ1v) is 6.39. The summed E-state index contributed by atoms with van der Waals surface area (Å²) >= 11 is 0. The molecule has 0 amide bonds. The van der Waals surface area contributed by atoms with Gasteiger partial charge in [-0.2, -0.15) is 0 Å². The predicted octanol–water partition coefficient (Wildman–Crippen LogP) is 3.03. The van der Waals surface area contributed by atoms with Crippen molar-refractivity contribution in [2.24, 2.45) is 0 Å². The standard InChI is InChI=1S/C14H21NO2.ClH/c1-16-13-7-2-3-8-14(13)17-11-9-12-6-4-5-10-15-12;/h2-3,7-8,12,15H,4-6,9-11H2,1H3;1H. The molecule has 18 heavy (non-hydrogen) atoms. The minimum Gasteiger partial charge on any atom is -0.493 e. The molecular formula is C14H22ClNO2. The number of nitrogens with one attached hydrogen (secondary N) is 1. The van der Waals surface area contributed by atoms with Gasteiger partial charge in [0, 0.05) is 6.04 Å². The first-order valence-electron chi connectivity index (χ1n) is 6.39. The first kappa shape index (κ1) is 15.1. The molecule has 1 atom stereocenters. The van der Waals surface area contributed by atoms with Gasteiger partial charge in [-0.05, 0) is 37.9 Å². The minimum absolute atomic E-state index is 0. The monoisotopic (exact) mass is 271 g/mol. The average Bonchev–Trinajstić information content (AvgIpc) is 2.40. The average molecular weight is 272 g/mol. The van der Waals surface area contributed by atoms with Crippen molar-refractivity contribution >= 4 is 12.4 Å². The maximum absolute atomic E-state index is 5.77. The Kier molecular flexibility index (Phi) is 6.91. The fourth-order valence-corrected chi connectivity index (χ4v) is 2.22. The van der Waals surface area contributed by atoms with Crippen LogP contribution in [-0.2, 0) is 0 Å². The van der Waals surface area contributed by atoms with Gasteiger partial charge in [-0.1, -0.05) is 18.6 Å². The van der Waals surface area contributed by atoms with Crippen LogP contribution in [-0.4, -0.2) is 26.3 Å². The zero-order valence-corrected chi connectivity index (χ0v) is 11.7. The van der Waals surface area contributed by atoms with Gasteiger partial charge in [0.1, 0.15) is 0 Å². The smallest absolute Gasteiger partial charge is 0.161 e. The molecule has 4 heteroatoms. The molecule has 1 unspecified atom stereocenters. The molecule has 1 aromatic rings. The van der Waals surface area contributed by atoms with Crippen LogP contribution >= 0.6 is 12.4 Å². The molecule has 2 rings (SSSR count). The molecule has 1 saturated heterocycles. The topological polar surface area (TPSA) is 30.5 Å². The van der Waals surface area contributed by atoms with E-state index in [0.29, 0.717) is 6.04 Å². The summed E-state index contributed by atoms with van der Waals surface area (Å²) in [6.45, 7) is 1.90. The van der Waals surface area contributed by atoms with Crippen LogP contribution in [0.5, 0.6) is 11.5 Å². The third kappa shape index (κ3) is 4.39. The molecule has 1 fully saturated rings. The van der Waals surface area contributed by atoms with E-state index in [4.69, 9.17) is 9.47 Å². The number of rotatable bonds is 5. The number of para-hydroxylation sites is 2. The summed E-state index contributed by atoms with van der Waals surface area (Å²) in [5.74, 6) is 1.65. The first-order chi connectivity index (χ1) is 8.40. The molecular weight excluding hydrogens is 250 g/mol. The summed E-state index contributed by atoms with van der Waals surface area (Å²) < 4.78 is 11.0. The van der Waals surface area contributed by atoms with Gasteiger partial charge < -0.3 is 14.8 Å². The molecule has 0 spiro atoms. The second kappa shape index (κ2) is 8.22. The largest absolute Gasteiger partial charge is 0.493 e. The van der Waals surface area contributed by atoms with Crippen molar-refractivity contribution < 1.29 is 9.47 Å². The Labute approximate surface area is 115 Å². The fourth-order valence-electron chi connectivity index (χ4n) is 2.22. The van der Waals surface area contributed by atoms with E-state index in [1.807, 2.05) is 24.3 Å². The third-order valence-corrected chi connectivity index (χ3v) is 3.21.